The number of nitrogens with zero attached hydrogens (tertiary/aromatic N) is 1. The van der Waals surface area contributed by atoms with Crippen molar-refractivity contribution in [3.8, 4) is 11.5 Å². The second-order valence-corrected chi connectivity index (χ2v) is 5.64. The maximum Gasteiger partial charge on any atom is 0.272 e. The zero-order valence-electron chi connectivity index (χ0n) is 14.5. The number of aromatic amines is 1. The maximum atomic E-state index is 12.4. The monoisotopic (exact) mass is 353 g/mol. The average molecular weight is 353 g/mol. The van der Waals surface area contributed by atoms with Crippen molar-refractivity contribution in [2.24, 2.45) is 0 Å². The number of methoxy groups -OCH3 is 2. The minimum atomic E-state index is -0.335. The van der Waals surface area contributed by atoms with Gasteiger partial charge in [-0.2, -0.15) is 5.10 Å². The third-order valence-electron chi connectivity index (χ3n) is 4.06. The molecule has 3 aromatic rings. The highest BCUT2D eigenvalue weighted by atomic mass is 16.5. The lowest BCUT2D eigenvalue weighted by atomic mass is 10.1. The quantitative estimate of drug-likeness (QED) is 0.706. The van der Waals surface area contributed by atoms with Gasteiger partial charge in [0.05, 0.1) is 19.6 Å². The van der Waals surface area contributed by atoms with Gasteiger partial charge in [0.25, 0.3) is 11.5 Å². The first kappa shape index (κ1) is 17.5. The standard InChI is InChI=1S/C19H19N3O4/c1-25-15-8-7-12(11-16(15)26-2)9-10-20-19(24)17-13-5-3-4-6-14(13)18(23)22-21-17/h3-8,11H,9-10H2,1-2H3,(H,20,24)(H,22,23). The summed E-state index contributed by atoms with van der Waals surface area (Å²) in [5.74, 6) is 0.965. The minimum Gasteiger partial charge on any atom is -0.493 e. The minimum absolute atomic E-state index is 0.201. The Morgan fingerprint density at radius 2 is 1.81 bits per heavy atom. The van der Waals surface area contributed by atoms with Crippen LogP contribution in [0, 0.1) is 0 Å². The van der Waals surface area contributed by atoms with Crippen LogP contribution in [0.15, 0.2) is 47.3 Å². The fourth-order valence-electron chi connectivity index (χ4n) is 2.73. The molecule has 1 amide bonds. The molecule has 0 aliphatic carbocycles. The van der Waals surface area contributed by atoms with E-state index in [1.807, 2.05) is 18.2 Å². The molecule has 0 saturated heterocycles. The Bertz CT molecular complexity index is 997. The van der Waals surface area contributed by atoms with Gasteiger partial charge in [0.1, 0.15) is 0 Å². The van der Waals surface area contributed by atoms with Crippen LogP contribution < -0.4 is 20.3 Å². The molecular formula is C19H19N3O4. The second-order valence-electron chi connectivity index (χ2n) is 5.64. The first-order valence-electron chi connectivity index (χ1n) is 8.10. The fraction of sp³-hybridized carbons (Fsp3) is 0.211. The first-order valence-corrected chi connectivity index (χ1v) is 8.10. The first-order chi connectivity index (χ1) is 12.6. The van der Waals surface area contributed by atoms with Crippen molar-refractivity contribution in [3.05, 3.63) is 64.1 Å². The van der Waals surface area contributed by atoms with E-state index in [1.165, 1.54) is 0 Å². The van der Waals surface area contributed by atoms with Crippen molar-refractivity contribution in [2.45, 2.75) is 6.42 Å². The number of rotatable bonds is 6. The van der Waals surface area contributed by atoms with Crippen LogP contribution in [0.5, 0.6) is 11.5 Å². The van der Waals surface area contributed by atoms with E-state index in [-0.39, 0.29) is 17.2 Å². The Labute approximate surface area is 150 Å². The predicted octanol–water partition coefficient (Wildman–Crippen LogP) is 1.91. The van der Waals surface area contributed by atoms with Gasteiger partial charge >= 0.3 is 0 Å². The normalized spacial score (nSPS) is 10.5. The van der Waals surface area contributed by atoms with Crippen LogP contribution in [0.2, 0.25) is 0 Å². The molecule has 0 aliphatic rings. The van der Waals surface area contributed by atoms with Gasteiger partial charge in [-0.15, -0.1) is 0 Å². The van der Waals surface area contributed by atoms with Gasteiger partial charge in [-0.05, 0) is 30.2 Å². The summed E-state index contributed by atoms with van der Waals surface area (Å²) in [7, 11) is 3.16. The number of fused-ring (bicyclic) bond motifs is 1. The highest BCUT2D eigenvalue weighted by molar-refractivity contribution is 6.04. The summed E-state index contributed by atoms with van der Waals surface area (Å²) in [5, 5.41) is 10.1. The third-order valence-corrected chi connectivity index (χ3v) is 4.06. The SMILES string of the molecule is COc1ccc(CCNC(=O)c2n[nH]c(=O)c3ccccc23)cc1OC. The largest absolute Gasteiger partial charge is 0.493 e. The van der Waals surface area contributed by atoms with Crippen molar-refractivity contribution >= 4 is 16.7 Å². The van der Waals surface area contributed by atoms with Gasteiger partial charge in [-0.25, -0.2) is 5.10 Å². The highest BCUT2D eigenvalue weighted by Crippen LogP contribution is 2.27. The van der Waals surface area contributed by atoms with Crippen LogP contribution in [-0.4, -0.2) is 36.9 Å². The zero-order chi connectivity index (χ0) is 18.5. The molecule has 0 radical (unpaired) electrons. The molecule has 0 spiro atoms. The summed E-state index contributed by atoms with van der Waals surface area (Å²) in [6.07, 6.45) is 0.618. The van der Waals surface area contributed by atoms with Gasteiger partial charge < -0.3 is 14.8 Å². The average Bonchev–Trinajstić information content (AvgIpc) is 2.68. The fourth-order valence-corrected chi connectivity index (χ4v) is 2.73. The van der Waals surface area contributed by atoms with Crippen molar-refractivity contribution < 1.29 is 14.3 Å². The Kier molecular flexibility index (Phi) is 5.17. The van der Waals surface area contributed by atoms with Gasteiger partial charge in [-0.3, -0.25) is 9.59 Å². The molecule has 0 saturated carbocycles. The Balaban J connectivity index is 1.70. The predicted molar refractivity (Wildman–Crippen MR) is 97.9 cm³/mol. The molecule has 7 heteroatoms. The molecule has 134 valence electrons. The number of H-pyrrole nitrogens is 1. The van der Waals surface area contributed by atoms with Crippen molar-refractivity contribution in [1.29, 1.82) is 0 Å². The van der Waals surface area contributed by atoms with Gasteiger partial charge in [-0.1, -0.05) is 24.3 Å². The van der Waals surface area contributed by atoms with Crippen molar-refractivity contribution in [1.82, 2.24) is 15.5 Å². The third kappa shape index (κ3) is 3.51. The zero-order valence-corrected chi connectivity index (χ0v) is 14.5. The number of carbonyl (C=O) groups is 1. The number of hydrogen-bond donors (Lipinski definition) is 2. The van der Waals surface area contributed by atoms with Gasteiger partial charge in [0.2, 0.25) is 0 Å². The van der Waals surface area contributed by atoms with Crippen LogP contribution in [-0.2, 0) is 6.42 Å². The van der Waals surface area contributed by atoms with E-state index >= 15 is 0 Å². The Hall–Kier alpha value is -3.35. The smallest absolute Gasteiger partial charge is 0.272 e. The molecule has 0 fully saturated rings. The van der Waals surface area contributed by atoms with Crippen molar-refractivity contribution in [2.75, 3.05) is 20.8 Å². The number of hydrogen-bond acceptors (Lipinski definition) is 5. The van der Waals surface area contributed by atoms with E-state index in [4.69, 9.17) is 9.47 Å². The Morgan fingerprint density at radius 3 is 2.54 bits per heavy atom. The topological polar surface area (TPSA) is 93.3 Å². The van der Waals surface area contributed by atoms with Crippen molar-refractivity contribution in [3.63, 3.8) is 0 Å². The lowest BCUT2D eigenvalue weighted by molar-refractivity contribution is 0.0950. The maximum absolute atomic E-state index is 12.4. The summed E-state index contributed by atoms with van der Waals surface area (Å²) >= 11 is 0. The summed E-state index contributed by atoms with van der Waals surface area (Å²) in [6, 6.07) is 12.5. The molecule has 7 nitrogen and oxygen atoms in total. The van der Waals surface area contributed by atoms with E-state index in [1.54, 1.807) is 38.5 Å². The molecule has 0 bridgehead atoms. The van der Waals surface area contributed by atoms with E-state index in [9.17, 15) is 9.59 Å². The number of nitrogens with one attached hydrogen (secondary N) is 2. The molecule has 26 heavy (non-hydrogen) atoms. The molecule has 1 aromatic heterocycles. The Morgan fingerprint density at radius 1 is 1.08 bits per heavy atom. The summed E-state index contributed by atoms with van der Waals surface area (Å²) < 4.78 is 10.5. The molecule has 0 unspecified atom stereocenters. The second kappa shape index (κ2) is 7.69. The van der Waals surface area contributed by atoms with Crippen LogP contribution in [0.3, 0.4) is 0 Å². The number of aromatic nitrogens is 2. The van der Waals surface area contributed by atoms with E-state index < -0.39 is 0 Å². The van der Waals surface area contributed by atoms with Crippen LogP contribution in [0.25, 0.3) is 10.8 Å². The summed E-state index contributed by atoms with van der Waals surface area (Å²) in [5.41, 5.74) is 0.886. The molecule has 3 rings (SSSR count). The van der Waals surface area contributed by atoms with E-state index in [2.05, 4.69) is 15.5 Å². The molecule has 0 atom stereocenters. The van der Waals surface area contributed by atoms with Crippen LogP contribution in [0.1, 0.15) is 16.1 Å². The van der Waals surface area contributed by atoms with Crippen LogP contribution >= 0.6 is 0 Å². The van der Waals surface area contributed by atoms with Crippen LogP contribution in [0.4, 0.5) is 0 Å². The number of carbonyl (C=O) groups excluding carboxylic acids is 1. The molecular weight excluding hydrogens is 334 g/mol. The van der Waals surface area contributed by atoms with E-state index in [0.29, 0.717) is 35.2 Å². The van der Waals surface area contributed by atoms with Gasteiger partial charge in [0.15, 0.2) is 17.2 Å². The molecule has 1 heterocycles. The van der Waals surface area contributed by atoms with Gasteiger partial charge in [0, 0.05) is 11.9 Å². The molecule has 2 aromatic carbocycles. The lowest BCUT2D eigenvalue weighted by Gasteiger charge is -2.10. The molecule has 0 aliphatic heterocycles. The number of ether oxygens (including phenoxy) is 2. The number of benzene rings is 2. The number of amides is 1. The lowest BCUT2D eigenvalue weighted by Crippen LogP contribution is -2.28. The summed E-state index contributed by atoms with van der Waals surface area (Å²) in [4.78, 5) is 24.2. The highest BCUT2D eigenvalue weighted by Gasteiger charge is 2.13. The molecule has 2 N–H and O–H groups in total. The summed E-state index contributed by atoms with van der Waals surface area (Å²) in [6.45, 7) is 0.420. The van der Waals surface area contributed by atoms with E-state index in [0.717, 1.165) is 5.56 Å².